The van der Waals surface area contributed by atoms with Crippen LogP contribution < -0.4 is 9.47 Å². The Hall–Kier alpha value is -1.22. The first-order valence-corrected chi connectivity index (χ1v) is 6.10. The highest BCUT2D eigenvalue weighted by Crippen LogP contribution is 2.56. The molecule has 0 aliphatic heterocycles. The molecule has 2 unspecified atom stereocenters. The molecular weight excluding hydrogens is 216 g/mol. The van der Waals surface area contributed by atoms with Crippen molar-refractivity contribution in [3.05, 3.63) is 23.8 Å². The molecule has 3 nitrogen and oxygen atoms in total. The second kappa shape index (κ2) is 4.57. The molecule has 2 rings (SSSR count). The van der Waals surface area contributed by atoms with Crippen LogP contribution in [0.4, 0.5) is 0 Å². The maximum Gasteiger partial charge on any atom is 0.125 e. The van der Waals surface area contributed by atoms with E-state index in [0.29, 0.717) is 5.92 Å². The molecule has 0 bridgehead atoms. The highest BCUT2D eigenvalue weighted by atomic mass is 16.5. The zero-order valence-electron chi connectivity index (χ0n) is 10.7. The van der Waals surface area contributed by atoms with Crippen LogP contribution in [0.15, 0.2) is 18.2 Å². The van der Waals surface area contributed by atoms with Gasteiger partial charge in [0.05, 0.1) is 19.8 Å². The van der Waals surface area contributed by atoms with E-state index in [1.807, 2.05) is 18.2 Å². The Morgan fingerprint density at radius 1 is 1.35 bits per heavy atom. The van der Waals surface area contributed by atoms with Gasteiger partial charge in [-0.15, -0.1) is 0 Å². The fraction of sp³-hybridized carbons (Fsp3) is 0.571. The minimum absolute atomic E-state index is 0.355. The van der Waals surface area contributed by atoms with Crippen LogP contribution in [-0.4, -0.2) is 19.3 Å². The summed E-state index contributed by atoms with van der Waals surface area (Å²) in [6.45, 7) is 2.14. The molecule has 1 aliphatic rings. The number of ether oxygens (including phenoxy) is 2. The van der Waals surface area contributed by atoms with E-state index in [1.165, 1.54) is 0 Å². The molecule has 0 heterocycles. The minimum Gasteiger partial charge on any atom is -0.497 e. The smallest absolute Gasteiger partial charge is 0.125 e. The summed E-state index contributed by atoms with van der Waals surface area (Å²) in [5.41, 5.74) is 0.147. The van der Waals surface area contributed by atoms with Gasteiger partial charge in [0.1, 0.15) is 11.5 Å². The van der Waals surface area contributed by atoms with E-state index in [9.17, 15) is 5.11 Å². The highest BCUT2D eigenvalue weighted by Gasteiger charge is 2.54. The predicted octanol–water partition coefficient (Wildman–Crippen LogP) is 2.71. The average molecular weight is 236 g/mol. The van der Waals surface area contributed by atoms with Crippen LogP contribution >= 0.6 is 0 Å². The zero-order valence-corrected chi connectivity index (χ0v) is 10.7. The molecule has 17 heavy (non-hydrogen) atoms. The summed E-state index contributed by atoms with van der Waals surface area (Å²) in [4.78, 5) is 0. The number of rotatable bonds is 5. The Balaban J connectivity index is 2.31. The molecule has 2 atom stereocenters. The predicted molar refractivity (Wildman–Crippen MR) is 66.5 cm³/mol. The van der Waals surface area contributed by atoms with Crippen LogP contribution in [-0.2, 0) is 5.60 Å². The van der Waals surface area contributed by atoms with Crippen molar-refractivity contribution < 1.29 is 14.6 Å². The van der Waals surface area contributed by atoms with Crippen molar-refractivity contribution in [3.63, 3.8) is 0 Å². The third-order valence-corrected chi connectivity index (χ3v) is 3.58. The third-order valence-electron chi connectivity index (χ3n) is 3.58. The van der Waals surface area contributed by atoms with Gasteiger partial charge in [-0.3, -0.25) is 0 Å². The molecule has 1 fully saturated rings. The molecule has 1 aliphatic carbocycles. The Kier molecular flexibility index (Phi) is 3.29. The maximum atomic E-state index is 10.6. The standard InChI is InChI=1S/C14H20O3/c1-4-5-10-9-14(10,15)12-8-11(16-2)6-7-13(12)17-3/h6-8,10,15H,4-5,9H2,1-3H3. The van der Waals surface area contributed by atoms with Gasteiger partial charge in [0.15, 0.2) is 0 Å². The van der Waals surface area contributed by atoms with E-state index in [0.717, 1.165) is 36.3 Å². The summed E-state index contributed by atoms with van der Waals surface area (Å²) in [7, 11) is 3.26. The van der Waals surface area contributed by atoms with E-state index in [1.54, 1.807) is 14.2 Å². The van der Waals surface area contributed by atoms with Crippen LogP contribution in [0.3, 0.4) is 0 Å². The zero-order chi connectivity index (χ0) is 12.5. The van der Waals surface area contributed by atoms with Crippen molar-refractivity contribution >= 4 is 0 Å². The number of benzene rings is 1. The SMILES string of the molecule is CCCC1CC1(O)c1cc(OC)ccc1OC. The molecule has 94 valence electrons. The first kappa shape index (κ1) is 12.2. The largest absolute Gasteiger partial charge is 0.497 e. The summed E-state index contributed by atoms with van der Waals surface area (Å²) in [5.74, 6) is 1.86. The first-order valence-electron chi connectivity index (χ1n) is 6.10. The quantitative estimate of drug-likeness (QED) is 0.854. The monoisotopic (exact) mass is 236 g/mol. The van der Waals surface area contributed by atoms with E-state index >= 15 is 0 Å². The van der Waals surface area contributed by atoms with E-state index in [-0.39, 0.29) is 0 Å². The van der Waals surface area contributed by atoms with Gasteiger partial charge in [0.2, 0.25) is 0 Å². The van der Waals surface area contributed by atoms with Gasteiger partial charge in [-0.2, -0.15) is 0 Å². The van der Waals surface area contributed by atoms with Crippen LogP contribution in [0.25, 0.3) is 0 Å². The number of aliphatic hydroxyl groups is 1. The Labute approximate surface area is 102 Å². The van der Waals surface area contributed by atoms with Gasteiger partial charge >= 0.3 is 0 Å². The van der Waals surface area contributed by atoms with Gasteiger partial charge in [-0.05, 0) is 37.0 Å². The van der Waals surface area contributed by atoms with E-state index in [4.69, 9.17) is 9.47 Å². The van der Waals surface area contributed by atoms with Crippen molar-refractivity contribution in [2.75, 3.05) is 14.2 Å². The topological polar surface area (TPSA) is 38.7 Å². The van der Waals surface area contributed by atoms with Crippen molar-refractivity contribution in [3.8, 4) is 11.5 Å². The van der Waals surface area contributed by atoms with Crippen molar-refractivity contribution in [1.29, 1.82) is 0 Å². The molecule has 0 saturated heterocycles. The molecular formula is C14H20O3. The lowest BCUT2D eigenvalue weighted by molar-refractivity contribution is 0.125. The maximum absolute atomic E-state index is 10.6. The van der Waals surface area contributed by atoms with Gasteiger partial charge < -0.3 is 14.6 Å². The lowest BCUT2D eigenvalue weighted by Crippen LogP contribution is -2.11. The molecule has 1 saturated carbocycles. The average Bonchev–Trinajstić information content (AvgIpc) is 3.01. The summed E-state index contributed by atoms with van der Waals surface area (Å²) in [6.07, 6.45) is 2.97. The third kappa shape index (κ3) is 2.12. The van der Waals surface area contributed by atoms with Crippen molar-refractivity contribution in [2.24, 2.45) is 5.92 Å². The highest BCUT2D eigenvalue weighted by molar-refractivity contribution is 5.46. The van der Waals surface area contributed by atoms with Gasteiger partial charge in [0.25, 0.3) is 0 Å². The first-order chi connectivity index (χ1) is 8.15. The van der Waals surface area contributed by atoms with Crippen molar-refractivity contribution in [2.45, 2.75) is 31.8 Å². The molecule has 0 spiro atoms. The molecule has 0 amide bonds. The van der Waals surface area contributed by atoms with E-state index in [2.05, 4.69) is 6.92 Å². The molecule has 1 N–H and O–H groups in total. The molecule has 0 aromatic heterocycles. The molecule has 0 radical (unpaired) electrons. The second-order valence-corrected chi connectivity index (χ2v) is 4.68. The van der Waals surface area contributed by atoms with Gasteiger partial charge in [-0.25, -0.2) is 0 Å². The Morgan fingerprint density at radius 3 is 2.71 bits per heavy atom. The van der Waals surface area contributed by atoms with Gasteiger partial charge in [0, 0.05) is 5.56 Å². The second-order valence-electron chi connectivity index (χ2n) is 4.68. The fourth-order valence-corrected chi connectivity index (χ4v) is 2.49. The summed E-state index contributed by atoms with van der Waals surface area (Å²) < 4.78 is 10.5. The van der Waals surface area contributed by atoms with Crippen LogP contribution in [0.5, 0.6) is 11.5 Å². The fourth-order valence-electron chi connectivity index (χ4n) is 2.49. The van der Waals surface area contributed by atoms with Crippen molar-refractivity contribution in [1.82, 2.24) is 0 Å². The lowest BCUT2D eigenvalue weighted by Gasteiger charge is -2.16. The summed E-state index contributed by atoms with van der Waals surface area (Å²) in [5, 5.41) is 10.6. The Bertz CT molecular complexity index is 402. The molecule has 1 aromatic carbocycles. The van der Waals surface area contributed by atoms with E-state index < -0.39 is 5.60 Å². The number of methoxy groups -OCH3 is 2. The van der Waals surface area contributed by atoms with Crippen LogP contribution in [0, 0.1) is 5.92 Å². The number of hydrogen-bond acceptors (Lipinski definition) is 3. The summed E-state index contributed by atoms with van der Waals surface area (Å²) in [6, 6.07) is 5.59. The molecule has 1 aromatic rings. The van der Waals surface area contributed by atoms with Crippen LogP contribution in [0.2, 0.25) is 0 Å². The summed E-state index contributed by atoms with van der Waals surface area (Å²) >= 11 is 0. The lowest BCUT2D eigenvalue weighted by atomic mass is 10.0. The number of hydrogen-bond donors (Lipinski definition) is 1. The molecule has 3 heteroatoms. The van der Waals surface area contributed by atoms with Gasteiger partial charge in [-0.1, -0.05) is 13.3 Å². The normalized spacial score (nSPS) is 26.7. The Morgan fingerprint density at radius 2 is 2.12 bits per heavy atom. The minimum atomic E-state index is -0.712. The van der Waals surface area contributed by atoms with Crippen LogP contribution in [0.1, 0.15) is 31.7 Å².